The largest absolute Gasteiger partial charge is 0.382 e. The van der Waals surface area contributed by atoms with Gasteiger partial charge in [-0.3, -0.25) is 0 Å². The van der Waals surface area contributed by atoms with Crippen LogP contribution in [0, 0.1) is 0 Å². The molecule has 1 aromatic carbocycles. The molecule has 1 aliphatic heterocycles. The molecule has 1 saturated heterocycles. The highest BCUT2D eigenvalue weighted by Crippen LogP contribution is 2.29. The third-order valence-electron chi connectivity index (χ3n) is 5.87. The lowest BCUT2D eigenvalue weighted by atomic mass is 10.2. The third-order valence-corrected chi connectivity index (χ3v) is 7.82. The third kappa shape index (κ3) is 4.68. The number of hydrogen-bond donors (Lipinski definition) is 1. The average Bonchev–Trinajstić information content (AvgIpc) is 3.15. The number of pyridine rings is 1. The summed E-state index contributed by atoms with van der Waals surface area (Å²) in [5.41, 5.74) is 8.66. The molecular formula is C22H31N5O3S. The van der Waals surface area contributed by atoms with Gasteiger partial charge < -0.3 is 15.0 Å². The number of nitrogens with two attached hydrogens (primary N) is 1. The maximum absolute atomic E-state index is 12.6. The fourth-order valence-corrected chi connectivity index (χ4v) is 5.92. The topological polar surface area (TPSA) is 103 Å². The van der Waals surface area contributed by atoms with Gasteiger partial charge in [0, 0.05) is 31.6 Å². The van der Waals surface area contributed by atoms with Gasteiger partial charge in [-0.1, -0.05) is 24.6 Å². The number of unbranched alkanes of at least 4 members (excludes halogenated alkanes) is 1. The highest BCUT2D eigenvalue weighted by Gasteiger charge is 2.23. The SMILES string of the molecule is CCOCc1nc2c(N)nc3ccccc3c2n1CCCCS(=O)(=O)N1CCCCC1. The number of nitrogens with zero attached hydrogens (tertiary/aromatic N) is 4. The quantitative estimate of drug-likeness (QED) is 0.507. The van der Waals surface area contributed by atoms with Crippen LogP contribution in [0.4, 0.5) is 5.82 Å². The molecule has 0 aliphatic carbocycles. The number of benzene rings is 1. The standard InChI is InChI=1S/C22H31N5O3S/c1-2-30-16-19-25-20-21(17-10-4-5-11-18(17)24-22(20)23)27(19)14-8-9-15-31(28,29)26-12-6-3-7-13-26/h4-5,10-11H,2-3,6-9,12-16H2,1H3,(H2,23,24). The molecule has 31 heavy (non-hydrogen) atoms. The number of ether oxygens (including phenoxy) is 1. The van der Waals surface area contributed by atoms with Gasteiger partial charge >= 0.3 is 0 Å². The minimum atomic E-state index is -3.18. The van der Waals surface area contributed by atoms with Crippen LogP contribution in [0.25, 0.3) is 21.9 Å². The summed E-state index contributed by atoms with van der Waals surface area (Å²) in [6, 6.07) is 7.88. The molecule has 0 bridgehead atoms. The lowest BCUT2D eigenvalue weighted by Crippen LogP contribution is -2.37. The van der Waals surface area contributed by atoms with Crippen molar-refractivity contribution in [1.82, 2.24) is 18.8 Å². The zero-order chi connectivity index (χ0) is 21.8. The summed E-state index contributed by atoms with van der Waals surface area (Å²) in [6.45, 7) is 4.89. The van der Waals surface area contributed by atoms with Crippen molar-refractivity contribution < 1.29 is 13.2 Å². The van der Waals surface area contributed by atoms with E-state index >= 15 is 0 Å². The molecule has 0 radical (unpaired) electrons. The Kier molecular flexibility index (Phi) is 6.74. The summed E-state index contributed by atoms with van der Waals surface area (Å²) < 4.78 is 34.7. The van der Waals surface area contributed by atoms with Gasteiger partial charge in [-0.05, 0) is 38.7 Å². The van der Waals surface area contributed by atoms with E-state index in [0.29, 0.717) is 50.6 Å². The van der Waals surface area contributed by atoms with Crippen molar-refractivity contribution in [3.05, 3.63) is 30.1 Å². The summed E-state index contributed by atoms with van der Waals surface area (Å²) >= 11 is 0. The molecule has 0 saturated carbocycles. The Balaban J connectivity index is 1.57. The van der Waals surface area contributed by atoms with Gasteiger partial charge in [0.15, 0.2) is 5.82 Å². The van der Waals surface area contributed by atoms with E-state index in [0.717, 1.165) is 47.9 Å². The van der Waals surface area contributed by atoms with Crippen molar-refractivity contribution in [1.29, 1.82) is 0 Å². The normalized spacial score (nSPS) is 15.8. The lowest BCUT2D eigenvalue weighted by molar-refractivity contribution is 0.126. The average molecular weight is 446 g/mol. The Bertz CT molecular complexity index is 1150. The molecule has 0 unspecified atom stereocenters. The van der Waals surface area contributed by atoms with Gasteiger partial charge in [0.1, 0.15) is 17.9 Å². The number of rotatable bonds is 9. The van der Waals surface area contributed by atoms with Crippen LogP contribution in [0.1, 0.15) is 44.9 Å². The summed E-state index contributed by atoms with van der Waals surface area (Å²) in [5.74, 6) is 1.38. The summed E-state index contributed by atoms with van der Waals surface area (Å²) in [6.07, 6.45) is 4.38. The van der Waals surface area contributed by atoms with E-state index in [2.05, 4.69) is 9.55 Å². The van der Waals surface area contributed by atoms with Gasteiger partial charge in [-0.15, -0.1) is 0 Å². The summed E-state index contributed by atoms with van der Waals surface area (Å²) in [7, 11) is -3.18. The van der Waals surface area contributed by atoms with Crippen LogP contribution in [0.5, 0.6) is 0 Å². The van der Waals surface area contributed by atoms with Gasteiger partial charge in [0.2, 0.25) is 10.0 Å². The Morgan fingerprint density at radius 2 is 1.87 bits per heavy atom. The van der Waals surface area contributed by atoms with Crippen LogP contribution in [0.15, 0.2) is 24.3 Å². The molecule has 1 fully saturated rings. The monoisotopic (exact) mass is 445 g/mol. The molecule has 1 aliphatic rings. The number of imidazole rings is 1. The van der Waals surface area contributed by atoms with Gasteiger partial charge in [-0.25, -0.2) is 22.7 Å². The first-order valence-electron chi connectivity index (χ1n) is 11.1. The number of piperidine rings is 1. The Morgan fingerprint density at radius 1 is 1.10 bits per heavy atom. The molecular weight excluding hydrogens is 414 g/mol. The van der Waals surface area contributed by atoms with Gasteiger partial charge in [0.05, 0.1) is 16.8 Å². The van der Waals surface area contributed by atoms with Crippen molar-refractivity contribution in [3.63, 3.8) is 0 Å². The van der Waals surface area contributed by atoms with E-state index in [9.17, 15) is 8.42 Å². The van der Waals surface area contributed by atoms with Crippen molar-refractivity contribution >= 4 is 37.8 Å². The second kappa shape index (κ2) is 9.50. The summed E-state index contributed by atoms with van der Waals surface area (Å²) in [5, 5.41) is 0.989. The van der Waals surface area contributed by atoms with Gasteiger partial charge in [-0.2, -0.15) is 0 Å². The molecule has 8 nitrogen and oxygen atoms in total. The lowest BCUT2D eigenvalue weighted by Gasteiger charge is -2.25. The molecule has 4 rings (SSSR count). The zero-order valence-corrected chi connectivity index (χ0v) is 18.9. The van der Waals surface area contributed by atoms with E-state index in [1.807, 2.05) is 31.2 Å². The number of hydrogen-bond acceptors (Lipinski definition) is 6. The number of aromatic nitrogens is 3. The fraction of sp³-hybridized carbons (Fsp3) is 0.545. The van der Waals surface area contributed by atoms with Crippen molar-refractivity contribution in [2.75, 3.05) is 31.2 Å². The predicted molar refractivity (Wildman–Crippen MR) is 123 cm³/mol. The molecule has 2 aromatic heterocycles. The smallest absolute Gasteiger partial charge is 0.214 e. The van der Waals surface area contributed by atoms with Crippen molar-refractivity contribution in [3.8, 4) is 0 Å². The Hall–Kier alpha value is -2.23. The molecule has 9 heteroatoms. The first-order valence-corrected chi connectivity index (χ1v) is 12.7. The van der Waals surface area contributed by atoms with Crippen molar-refractivity contribution in [2.24, 2.45) is 0 Å². The number of fused-ring (bicyclic) bond motifs is 3. The molecule has 168 valence electrons. The van der Waals surface area contributed by atoms with E-state index in [-0.39, 0.29) is 5.75 Å². The van der Waals surface area contributed by atoms with Crippen LogP contribution in [0.2, 0.25) is 0 Å². The molecule has 0 amide bonds. The number of sulfonamides is 1. The van der Waals surface area contributed by atoms with Crippen LogP contribution >= 0.6 is 0 Å². The number of anilines is 1. The van der Waals surface area contributed by atoms with Crippen LogP contribution < -0.4 is 5.73 Å². The molecule has 0 atom stereocenters. The molecule has 2 N–H and O–H groups in total. The highest BCUT2D eigenvalue weighted by atomic mass is 32.2. The number of para-hydroxylation sites is 1. The van der Waals surface area contributed by atoms with Crippen molar-refractivity contribution in [2.45, 2.75) is 52.2 Å². The van der Waals surface area contributed by atoms with E-state index in [4.69, 9.17) is 15.5 Å². The first-order chi connectivity index (χ1) is 15.0. The van der Waals surface area contributed by atoms with Crippen LogP contribution in [-0.2, 0) is 27.9 Å². The number of aryl methyl sites for hydroxylation is 1. The number of nitrogen functional groups attached to an aromatic ring is 1. The second-order valence-electron chi connectivity index (χ2n) is 8.01. The highest BCUT2D eigenvalue weighted by molar-refractivity contribution is 7.89. The second-order valence-corrected chi connectivity index (χ2v) is 10.1. The molecule has 3 heterocycles. The molecule has 3 aromatic rings. The minimum absolute atomic E-state index is 0.185. The maximum atomic E-state index is 12.6. The first kappa shape index (κ1) is 22.0. The van der Waals surface area contributed by atoms with E-state index in [1.165, 1.54) is 0 Å². The maximum Gasteiger partial charge on any atom is 0.214 e. The predicted octanol–water partition coefficient (Wildman–Crippen LogP) is 3.30. The van der Waals surface area contributed by atoms with E-state index < -0.39 is 10.0 Å². The van der Waals surface area contributed by atoms with E-state index in [1.54, 1.807) is 4.31 Å². The van der Waals surface area contributed by atoms with Crippen LogP contribution in [-0.4, -0.2) is 52.7 Å². The Morgan fingerprint density at radius 3 is 2.65 bits per heavy atom. The minimum Gasteiger partial charge on any atom is -0.382 e. The molecule has 0 spiro atoms. The summed E-state index contributed by atoms with van der Waals surface area (Å²) in [4.78, 5) is 9.22. The Labute approximate surface area is 183 Å². The fourth-order valence-electron chi connectivity index (χ4n) is 4.28. The van der Waals surface area contributed by atoms with Gasteiger partial charge in [0.25, 0.3) is 0 Å². The zero-order valence-electron chi connectivity index (χ0n) is 18.1. The van der Waals surface area contributed by atoms with Crippen LogP contribution in [0.3, 0.4) is 0 Å².